The quantitative estimate of drug-likeness (QED) is 0.650. The zero-order chi connectivity index (χ0) is 19.3. The summed E-state index contributed by atoms with van der Waals surface area (Å²) < 4.78 is 22.9. The molecular formula is C22H23NO5. The van der Waals surface area contributed by atoms with E-state index in [0.29, 0.717) is 56.4 Å². The van der Waals surface area contributed by atoms with Crippen LogP contribution in [0.1, 0.15) is 12.5 Å². The van der Waals surface area contributed by atoms with Crippen molar-refractivity contribution in [1.82, 2.24) is 0 Å². The SMILES string of the molecule is CCOc1ccc(OCc2cccc3c(=O)cc(N4CCOCC4)oc23)cc1. The molecule has 4 rings (SSSR count). The molecule has 0 saturated carbocycles. The van der Waals surface area contributed by atoms with E-state index in [0.717, 1.165) is 17.1 Å². The highest BCUT2D eigenvalue weighted by Crippen LogP contribution is 2.25. The lowest BCUT2D eigenvalue weighted by molar-refractivity contribution is 0.121. The second-order valence-corrected chi connectivity index (χ2v) is 6.54. The maximum Gasteiger partial charge on any atom is 0.200 e. The number of rotatable bonds is 6. The van der Waals surface area contributed by atoms with Crippen LogP contribution in [-0.2, 0) is 11.3 Å². The van der Waals surface area contributed by atoms with Crippen LogP contribution >= 0.6 is 0 Å². The van der Waals surface area contributed by atoms with Gasteiger partial charge in [0.05, 0.1) is 25.2 Å². The number of nitrogens with zero attached hydrogens (tertiary/aromatic N) is 1. The van der Waals surface area contributed by atoms with Gasteiger partial charge < -0.3 is 23.5 Å². The van der Waals surface area contributed by atoms with E-state index in [-0.39, 0.29) is 5.43 Å². The molecule has 0 aliphatic carbocycles. The van der Waals surface area contributed by atoms with Crippen LogP contribution in [0.15, 0.2) is 57.7 Å². The van der Waals surface area contributed by atoms with Gasteiger partial charge in [0, 0.05) is 24.7 Å². The van der Waals surface area contributed by atoms with Gasteiger partial charge in [0.1, 0.15) is 23.7 Å². The molecule has 28 heavy (non-hydrogen) atoms. The van der Waals surface area contributed by atoms with Gasteiger partial charge >= 0.3 is 0 Å². The molecule has 3 aromatic rings. The van der Waals surface area contributed by atoms with E-state index in [1.54, 1.807) is 12.1 Å². The minimum absolute atomic E-state index is 0.0503. The molecule has 0 radical (unpaired) electrons. The number of hydrogen-bond donors (Lipinski definition) is 0. The molecular weight excluding hydrogens is 358 g/mol. The fourth-order valence-electron chi connectivity index (χ4n) is 3.24. The highest BCUT2D eigenvalue weighted by atomic mass is 16.5. The molecule has 2 aromatic carbocycles. The van der Waals surface area contributed by atoms with Crippen LogP contribution in [0, 0.1) is 0 Å². The largest absolute Gasteiger partial charge is 0.494 e. The highest BCUT2D eigenvalue weighted by molar-refractivity contribution is 5.80. The van der Waals surface area contributed by atoms with Crippen molar-refractivity contribution in [3.8, 4) is 11.5 Å². The van der Waals surface area contributed by atoms with Crippen LogP contribution in [0.3, 0.4) is 0 Å². The Labute approximate surface area is 163 Å². The number of anilines is 1. The Morgan fingerprint density at radius 2 is 1.71 bits per heavy atom. The van der Waals surface area contributed by atoms with Crippen molar-refractivity contribution in [2.24, 2.45) is 0 Å². The predicted molar refractivity (Wildman–Crippen MR) is 107 cm³/mol. The zero-order valence-electron chi connectivity index (χ0n) is 15.8. The van der Waals surface area contributed by atoms with Gasteiger partial charge in [-0.3, -0.25) is 4.79 Å². The molecule has 146 valence electrons. The number of para-hydroxylation sites is 1. The van der Waals surface area contributed by atoms with E-state index in [9.17, 15) is 4.79 Å². The molecule has 1 aliphatic heterocycles. The Kier molecular flexibility index (Phi) is 5.48. The standard InChI is InChI=1S/C22H23NO5/c1-2-26-17-6-8-18(9-7-17)27-15-16-4-3-5-19-20(24)14-21(28-22(16)19)23-10-12-25-13-11-23/h3-9,14H,2,10-13,15H2,1H3. The minimum atomic E-state index is -0.0503. The Morgan fingerprint density at radius 3 is 2.43 bits per heavy atom. The second kappa shape index (κ2) is 8.35. The number of benzene rings is 2. The van der Waals surface area contributed by atoms with Crippen molar-refractivity contribution in [2.45, 2.75) is 13.5 Å². The molecule has 1 aromatic heterocycles. The van der Waals surface area contributed by atoms with E-state index < -0.39 is 0 Å². The second-order valence-electron chi connectivity index (χ2n) is 6.54. The maximum absolute atomic E-state index is 12.6. The summed E-state index contributed by atoms with van der Waals surface area (Å²) in [6.45, 7) is 5.55. The summed E-state index contributed by atoms with van der Waals surface area (Å²) in [6, 6.07) is 14.6. The van der Waals surface area contributed by atoms with Gasteiger partial charge in [0.25, 0.3) is 0 Å². The van der Waals surface area contributed by atoms with Crippen molar-refractivity contribution in [2.75, 3.05) is 37.8 Å². The van der Waals surface area contributed by atoms with Crippen LogP contribution in [0.2, 0.25) is 0 Å². The van der Waals surface area contributed by atoms with Crippen molar-refractivity contribution >= 4 is 16.9 Å². The molecule has 0 amide bonds. The molecule has 0 atom stereocenters. The van der Waals surface area contributed by atoms with E-state index in [1.807, 2.05) is 48.2 Å². The Morgan fingerprint density at radius 1 is 1.00 bits per heavy atom. The van der Waals surface area contributed by atoms with Gasteiger partial charge in [-0.15, -0.1) is 0 Å². The van der Waals surface area contributed by atoms with E-state index in [4.69, 9.17) is 18.6 Å². The predicted octanol–water partition coefficient (Wildman–Crippen LogP) is 3.61. The van der Waals surface area contributed by atoms with Gasteiger partial charge in [-0.1, -0.05) is 12.1 Å². The third kappa shape index (κ3) is 3.97. The molecule has 1 saturated heterocycles. The fourth-order valence-corrected chi connectivity index (χ4v) is 3.24. The molecule has 1 fully saturated rings. The summed E-state index contributed by atoms with van der Waals surface area (Å²) >= 11 is 0. The van der Waals surface area contributed by atoms with Crippen molar-refractivity contribution in [3.05, 3.63) is 64.3 Å². The Bertz CT molecular complexity index is 990. The highest BCUT2D eigenvalue weighted by Gasteiger charge is 2.16. The van der Waals surface area contributed by atoms with E-state index in [1.165, 1.54) is 0 Å². The van der Waals surface area contributed by atoms with Crippen LogP contribution in [0.5, 0.6) is 11.5 Å². The number of ether oxygens (including phenoxy) is 3. The number of fused-ring (bicyclic) bond motifs is 1. The summed E-state index contributed by atoms with van der Waals surface area (Å²) in [7, 11) is 0. The first-order valence-corrected chi connectivity index (χ1v) is 9.48. The third-order valence-electron chi connectivity index (χ3n) is 4.68. The minimum Gasteiger partial charge on any atom is -0.494 e. The first-order valence-electron chi connectivity index (χ1n) is 9.48. The van der Waals surface area contributed by atoms with Gasteiger partial charge in [-0.25, -0.2) is 0 Å². The normalized spacial score (nSPS) is 14.2. The topological polar surface area (TPSA) is 61.1 Å². The number of morpholine rings is 1. The lowest BCUT2D eigenvalue weighted by Gasteiger charge is -2.27. The van der Waals surface area contributed by atoms with Gasteiger partial charge in [0.2, 0.25) is 0 Å². The van der Waals surface area contributed by atoms with Crippen LogP contribution in [0.25, 0.3) is 11.0 Å². The Balaban J connectivity index is 1.59. The van der Waals surface area contributed by atoms with Gasteiger partial charge in [-0.05, 0) is 37.3 Å². The van der Waals surface area contributed by atoms with Crippen molar-refractivity contribution in [3.63, 3.8) is 0 Å². The summed E-state index contributed by atoms with van der Waals surface area (Å²) in [6.07, 6.45) is 0. The molecule has 1 aliphatic rings. The lowest BCUT2D eigenvalue weighted by atomic mass is 10.1. The average molecular weight is 381 g/mol. The summed E-state index contributed by atoms with van der Waals surface area (Å²) in [5.41, 5.74) is 1.35. The monoisotopic (exact) mass is 381 g/mol. The van der Waals surface area contributed by atoms with Crippen LogP contribution in [-0.4, -0.2) is 32.9 Å². The maximum atomic E-state index is 12.6. The van der Waals surface area contributed by atoms with Crippen LogP contribution < -0.4 is 19.8 Å². The zero-order valence-corrected chi connectivity index (χ0v) is 15.8. The van der Waals surface area contributed by atoms with Crippen LogP contribution in [0.4, 0.5) is 5.88 Å². The molecule has 6 nitrogen and oxygen atoms in total. The summed E-state index contributed by atoms with van der Waals surface area (Å²) in [5, 5.41) is 0.560. The van der Waals surface area contributed by atoms with E-state index >= 15 is 0 Å². The van der Waals surface area contributed by atoms with Gasteiger partial charge in [0.15, 0.2) is 11.3 Å². The molecule has 6 heteroatoms. The molecule has 0 bridgehead atoms. The average Bonchev–Trinajstić information content (AvgIpc) is 2.74. The summed E-state index contributed by atoms with van der Waals surface area (Å²) in [4.78, 5) is 14.6. The Hall–Kier alpha value is -2.99. The van der Waals surface area contributed by atoms with E-state index in [2.05, 4.69) is 0 Å². The van der Waals surface area contributed by atoms with Gasteiger partial charge in [-0.2, -0.15) is 0 Å². The number of hydrogen-bond acceptors (Lipinski definition) is 6. The van der Waals surface area contributed by atoms with Crippen molar-refractivity contribution in [1.29, 1.82) is 0 Å². The third-order valence-corrected chi connectivity index (χ3v) is 4.68. The first-order chi connectivity index (χ1) is 13.7. The lowest BCUT2D eigenvalue weighted by Crippen LogP contribution is -2.36. The molecule has 0 spiro atoms. The first kappa shape index (κ1) is 18.4. The smallest absolute Gasteiger partial charge is 0.200 e. The molecule has 0 N–H and O–H groups in total. The fraction of sp³-hybridized carbons (Fsp3) is 0.318. The summed E-state index contributed by atoms with van der Waals surface area (Å²) in [5.74, 6) is 2.11. The molecule has 2 heterocycles. The van der Waals surface area contributed by atoms with Crippen molar-refractivity contribution < 1.29 is 18.6 Å². The molecule has 0 unspecified atom stereocenters.